The molecule has 0 spiro atoms. The molecule has 5 heteroatoms. The highest BCUT2D eigenvalue weighted by Crippen LogP contribution is 2.27. The topological polar surface area (TPSA) is 49.4 Å². The normalized spacial score (nSPS) is 28.3. The summed E-state index contributed by atoms with van der Waals surface area (Å²) in [6.45, 7) is 0.970. The number of carbonyl (C=O) groups excluding carboxylic acids is 2. The van der Waals surface area contributed by atoms with Gasteiger partial charge in [0.05, 0.1) is 0 Å². The first-order chi connectivity index (χ1) is 6.25. The van der Waals surface area contributed by atoms with Crippen LogP contribution in [-0.2, 0) is 4.79 Å². The van der Waals surface area contributed by atoms with Gasteiger partial charge in [0.25, 0.3) is 0 Å². The van der Waals surface area contributed by atoms with Crippen molar-refractivity contribution in [2.24, 2.45) is 0 Å². The van der Waals surface area contributed by atoms with Crippen LogP contribution in [0.2, 0.25) is 0 Å². The Labute approximate surface area is 81.0 Å². The number of urea groups is 1. The highest BCUT2D eigenvalue weighted by Gasteiger charge is 2.29. The number of nitrogens with zero attached hydrogens (tertiary/aromatic N) is 1. The summed E-state index contributed by atoms with van der Waals surface area (Å²) in [5, 5.41) is 2.82. The number of imide groups is 1. The van der Waals surface area contributed by atoms with Gasteiger partial charge in [-0.1, -0.05) is 0 Å². The Bertz CT molecular complexity index is 238. The minimum absolute atomic E-state index is 0.173. The van der Waals surface area contributed by atoms with Crippen molar-refractivity contribution in [3.63, 3.8) is 0 Å². The second kappa shape index (κ2) is 3.57. The monoisotopic (exact) mass is 200 g/mol. The number of carbonyl (C=O) groups is 2. The molecule has 2 rings (SSSR count). The lowest BCUT2D eigenvalue weighted by Crippen LogP contribution is -2.33. The molecule has 1 atom stereocenters. The fourth-order valence-electron chi connectivity index (χ4n) is 1.66. The lowest BCUT2D eigenvalue weighted by molar-refractivity contribution is -0.118. The van der Waals surface area contributed by atoms with Crippen LogP contribution in [0.1, 0.15) is 12.8 Å². The molecule has 4 nitrogen and oxygen atoms in total. The Balaban J connectivity index is 1.87. The summed E-state index contributed by atoms with van der Waals surface area (Å²) < 4.78 is 0. The maximum absolute atomic E-state index is 11.2. The van der Waals surface area contributed by atoms with E-state index in [1.807, 2.05) is 11.8 Å². The van der Waals surface area contributed by atoms with Crippen LogP contribution in [0.3, 0.4) is 0 Å². The molecule has 0 saturated carbocycles. The number of amides is 3. The Hall–Kier alpha value is -0.710. The van der Waals surface area contributed by atoms with Crippen molar-refractivity contribution in [1.29, 1.82) is 0 Å². The number of hydrogen-bond donors (Lipinski definition) is 1. The first kappa shape index (κ1) is 8.87. The fourth-order valence-corrected chi connectivity index (χ4v) is 2.95. The van der Waals surface area contributed by atoms with Gasteiger partial charge in [0.2, 0.25) is 5.91 Å². The molecule has 1 unspecified atom stereocenters. The summed E-state index contributed by atoms with van der Waals surface area (Å²) in [5.41, 5.74) is 0. The third-order valence-corrected chi connectivity index (χ3v) is 3.70. The van der Waals surface area contributed by atoms with E-state index in [9.17, 15) is 9.59 Å². The maximum atomic E-state index is 11.2. The zero-order valence-corrected chi connectivity index (χ0v) is 8.10. The predicted octanol–water partition coefficient (Wildman–Crippen LogP) is 0.434. The Morgan fingerprint density at radius 1 is 1.54 bits per heavy atom. The average molecular weight is 200 g/mol. The van der Waals surface area contributed by atoms with Crippen molar-refractivity contribution in [1.82, 2.24) is 10.2 Å². The van der Waals surface area contributed by atoms with Crippen LogP contribution < -0.4 is 5.32 Å². The molecule has 3 amide bonds. The third kappa shape index (κ3) is 1.96. The van der Waals surface area contributed by atoms with E-state index in [1.165, 1.54) is 18.6 Å². The summed E-state index contributed by atoms with van der Waals surface area (Å²) >= 11 is 1.90. The van der Waals surface area contributed by atoms with Gasteiger partial charge in [0.15, 0.2) is 0 Å². The average Bonchev–Trinajstić information content (AvgIpc) is 2.63. The minimum Gasteiger partial charge on any atom is -0.314 e. The molecule has 13 heavy (non-hydrogen) atoms. The maximum Gasteiger partial charge on any atom is 0.324 e. The smallest absolute Gasteiger partial charge is 0.314 e. The van der Waals surface area contributed by atoms with E-state index in [1.54, 1.807) is 4.90 Å². The zero-order valence-electron chi connectivity index (χ0n) is 7.28. The van der Waals surface area contributed by atoms with E-state index in [0.717, 1.165) is 6.54 Å². The number of rotatable bonds is 2. The van der Waals surface area contributed by atoms with E-state index in [-0.39, 0.29) is 18.5 Å². The number of nitrogens with one attached hydrogen (secondary N) is 1. The lowest BCUT2D eigenvalue weighted by atomic mass is 10.2. The Morgan fingerprint density at radius 3 is 2.92 bits per heavy atom. The summed E-state index contributed by atoms with van der Waals surface area (Å²) in [6.07, 6.45) is 2.40. The quantitative estimate of drug-likeness (QED) is 0.658. The first-order valence-corrected chi connectivity index (χ1v) is 5.51. The van der Waals surface area contributed by atoms with Gasteiger partial charge < -0.3 is 4.90 Å². The lowest BCUT2D eigenvalue weighted by Gasteiger charge is -2.16. The van der Waals surface area contributed by atoms with Crippen LogP contribution in [0.25, 0.3) is 0 Å². The standard InChI is InChI=1S/C8H12N2O2S/c11-7-5-10(8(12)9-7)4-6-2-1-3-13-6/h6H,1-5H2,(H,9,11,12). The van der Waals surface area contributed by atoms with Crippen molar-refractivity contribution in [3.8, 4) is 0 Å². The molecule has 2 saturated heterocycles. The molecule has 0 radical (unpaired) electrons. The van der Waals surface area contributed by atoms with Crippen LogP contribution in [0.4, 0.5) is 4.79 Å². The van der Waals surface area contributed by atoms with E-state index in [0.29, 0.717) is 5.25 Å². The molecule has 2 aliphatic heterocycles. The van der Waals surface area contributed by atoms with Crippen molar-refractivity contribution in [3.05, 3.63) is 0 Å². The molecule has 0 aromatic carbocycles. The predicted molar refractivity (Wildman–Crippen MR) is 50.6 cm³/mol. The molecule has 2 heterocycles. The van der Waals surface area contributed by atoms with Gasteiger partial charge in [0, 0.05) is 11.8 Å². The van der Waals surface area contributed by atoms with Gasteiger partial charge in [-0.05, 0) is 18.6 Å². The summed E-state index contributed by atoms with van der Waals surface area (Å²) in [6, 6.07) is -0.225. The van der Waals surface area contributed by atoms with Crippen molar-refractivity contribution in [2.75, 3.05) is 18.8 Å². The molecule has 1 N–H and O–H groups in total. The zero-order chi connectivity index (χ0) is 9.26. The molecule has 0 aromatic rings. The van der Waals surface area contributed by atoms with Gasteiger partial charge in [-0.15, -0.1) is 0 Å². The molecular weight excluding hydrogens is 188 g/mol. The van der Waals surface area contributed by atoms with Crippen LogP contribution in [0.15, 0.2) is 0 Å². The number of hydrogen-bond acceptors (Lipinski definition) is 3. The summed E-state index contributed by atoms with van der Waals surface area (Å²) in [7, 11) is 0. The molecule has 2 aliphatic rings. The van der Waals surface area contributed by atoms with Crippen LogP contribution in [-0.4, -0.2) is 40.9 Å². The summed E-state index contributed by atoms with van der Waals surface area (Å²) in [4.78, 5) is 23.6. The minimum atomic E-state index is -0.225. The molecular formula is C8H12N2O2S. The van der Waals surface area contributed by atoms with Crippen LogP contribution in [0, 0.1) is 0 Å². The van der Waals surface area contributed by atoms with Gasteiger partial charge in [-0.3, -0.25) is 10.1 Å². The van der Waals surface area contributed by atoms with Gasteiger partial charge >= 0.3 is 6.03 Å². The van der Waals surface area contributed by atoms with Crippen molar-refractivity contribution < 1.29 is 9.59 Å². The molecule has 2 fully saturated rings. The molecule has 0 aromatic heterocycles. The fraction of sp³-hybridized carbons (Fsp3) is 0.750. The van der Waals surface area contributed by atoms with Gasteiger partial charge in [0.1, 0.15) is 6.54 Å². The molecule has 0 aliphatic carbocycles. The van der Waals surface area contributed by atoms with E-state index >= 15 is 0 Å². The largest absolute Gasteiger partial charge is 0.324 e. The summed E-state index contributed by atoms with van der Waals surface area (Å²) in [5.74, 6) is 1.02. The Morgan fingerprint density at radius 2 is 2.38 bits per heavy atom. The van der Waals surface area contributed by atoms with Crippen LogP contribution >= 0.6 is 11.8 Å². The second-order valence-electron chi connectivity index (χ2n) is 3.37. The SMILES string of the molecule is O=C1CN(CC2CCCS2)C(=O)N1. The van der Waals surface area contributed by atoms with E-state index in [2.05, 4.69) is 5.32 Å². The highest BCUT2D eigenvalue weighted by atomic mass is 32.2. The highest BCUT2D eigenvalue weighted by molar-refractivity contribution is 8.00. The van der Waals surface area contributed by atoms with Crippen molar-refractivity contribution in [2.45, 2.75) is 18.1 Å². The molecule has 72 valence electrons. The number of thioether (sulfide) groups is 1. The third-order valence-electron chi connectivity index (χ3n) is 2.32. The first-order valence-electron chi connectivity index (χ1n) is 4.46. The van der Waals surface area contributed by atoms with E-state index in [4.69, 9.17) is 0 Å². The van der Waals surface area contributed by atoms with Gasteiger partial charge in [-0.25, -0.2) is 4.79 Å². The second-order valence-corrected chi connectivity index (χ2v) is 4.78. The van der Waals surface area contributed by atoms with Gasteiger partial charge in [-0.2, -0.15) is 11.8 Å². The van der Waals surface area contributed by atoms with Crippen molar-refractivity contribution >= 4 is 23.7 Å². The van der Waals surface area contributed by atoms with E-state index < -0.39 is 0 Å². The molecule has 0 bridgehead atoms. The Kier molecular flexibility index (Phi) is 2.44. The van der Waals surface area contributed by atoms with Crippen LogP contribution in [0.5, 0.6) is 0 Å².